The van der Waals surface area contributed by atoms with E-state index in [0.29, 0.717) is 23.6 Å². The van der Waals surface area contributed by atoms with E-state index in [-0.39, 0.29) is 17.8 Å². The minimum atomic E-state index is -0.374. The van der Waals surface area contributed by atoms with E-state index in [1.54, 1.807) is 17.0 Å². The Balaban J connectivity index is 2.10. The minimum absolute atomic E-state index is 0.0390. The number of phenolic OH excluding ortho intramolecular Hbond substituents is 1. The van der Waals surface area contributed by atoms with Crippen LogP contribution in [0.1, 0.15) is 29.0 Å². The van der Waals surface area contributed by atoms with Gasteiger partial charge in [0.1, 0.15) is 6.17 Å². The predicted molar refractivity (Wildman–Crippen MR) is 90.7 cm³/mol. The molecule has 0 bridgehead atoms. The second-order valence-corrected chi connectivity index (χ2v) is 5.46. The molecular formula is C18H20N2O4. The number of anilines is 1. The molecule has 24 heavy (non-hydrogen) atoms. The number of ether oxygens (including phenoxy) is 2. The highest BCUT2D eigenvalue weighted by atomic mass is 16.5. The number of aromatic hydroxyl groups is 1. The van der Waals surface area contributed by atoms with Crippen LogP contribution in [0, 0.1) is 0 Å². The van der Waals surface area contributed by atoms with Crippen molar-refractivity contribution in [2.45, 2.75) is 13.1 Å². The second kappa shape index (κ2) is 6.31. The lowest BCUT2D eigenvalue weighted by Crippen LogP contribution is -2.42. The Hall–Kier alpha value is -2.89. The number of nitrogens with one attached hydrogen (secondary N) is 1. The number of benzene rings is 2. The Labute approximate surface area is 140 Å². The first kappa shape index (κ1) is 16.0. The molecule has 0 spiro atoms. The molecule has 1 aliphatic rings. The van der Waals surface area contributed by atoms with Gasteiger partial charge in [-0.3, -0.25) is 4.79 Å². The van der Waals surface area contributed by atoms with E-state index < -0.39 is 0 Å². The Bertz CT molecular complexity index is 750. The van der Waals surface area contributed by atoms with Crippen molar-refractivity contribution in [3.05, 3.63) is 47.5 Å². The fourth-order valence-corrected chi connectivity index (χ4v) is 2.95. The van der Waals surface area contributed by atoms with Crippen molar-refractivity contribution in [3.8, 4) is 17.2 Å². The first-order valence-corrected chi connectivity index (χ1v) is 7.72. The molecule has 0 saturated heterocycles. The smallest absolute Gasteiger partial charge is 0.257 e. The molecule has 126 valence electrons. The van der Waals surface area contributed by atoms with Gasteiger partial charge in [-0.25, -0.2) is 0 Å². The van der Waals surface area contributed by atoms with Crippen LogP contribution in [0.25, 0.3) is 0 Å². The maximum absolute atomic E-state index is 12.8. The van der Waals surface area contributed by atoms with Crippen molar-refractivity contribution in [1.82, 2.24) is 4.90 Å². The summed E-state index contributed by atoms with van der Waals surface area (Å²) in [4.78, 5) is 14.5. The molecule has 0 radical (unpaired) electrons. The molecule has 3 rings (SSSR count). The Morgan fingerprint density at radius 3 is 2.38 bits per heavy atom. The lowest BCUT2D eigenvalue weighted by atomic mass is 10.0. The summed E-state index contributed by atoms with van der Waals surface area (Å²) < 4.78 is 10.4. The van der Waals surface area contributed by atoms with Gasteiger partial charge in [-0.2, -0.15) is 0 Å². The molecular weight excluding hydrogens is 308 g/mol. The zero-order valence-electron chi connectivity index (χ0n) is 13.9. The molecule has 1 amide bonds. The second-order valence-electron chi connectivity index (χ2n) is 5.46. The van der Waals surface area contributed by atoms with Crippen molar-refractivity contribution in [1.29, 1.82) is 0 Å². The minimum Gasteiger partial charge on any atom is -0.502 e. The number of amides is 1. The first-order valence-electron chi connectivity index (χ1n) is 7.72. The quantitative estimate of drug-likeness (QED) is 0.903. The number of carbonyl (C=O) groups is 1. The zero-order valence-corrected chi connectivity index (χ0v) is 13.9. The predicted octanol–water partition coefficient (Wildman–Crippen LogP) is 3.00. The van der Waals surface area contributed by atoms with Gasteiger partial charge >= 0.3 is 0 Å². The van der Waals surface area contributed by atoms with Crippen LogP contribution >= 0.6 is 0 Å². The molecule has 1 atom stereocenters. The monoisotopic (exact) mass is 328 g/mol. The average molecular weight is 328 g/mol. The third-order valence-corrected chi connectivity index (χ3v) is 4.18. The number of para-hydroxylation sites is 1. The van der Waals surface area contributed by atoms with E-state index in [9.17, 15) is 9.90 Å². The van der Waals surface area contributed by atoms with Gasteiger partial charge in [0, 0.05) is 17.8 Å². The van der Waals surface area contributed by atoms with Crippen molar-refractivity contribution in [3.63, 3.8) is 0 Å². The third kappa shape index (κ3) is 2.50. The van der Waals surface area contributed by atoms with Crippen LogP contribution in [0.4, 0.5) is 5.69 Å². The topological polar surface area (TPSA) is 71.0 Å². The number of hydrogen-bond acceptors (Lipinski definition) is 5. The van der Waals surface area contributed by atoms with Gasteiger partial charge in [0.25, 0.3) is 5.91 Å². The maximum atomic E-state index is 12.8. The lowest BCUT2D eigenvalue weighted by Gasteiger charge is -2.37. The Morgan fingerprint density at radius 2 is 1.79 bits per heavy atom. The third-order valence-electron chi connectivity index (χ3n) is 4.18. The number of phenols is 1. The number of carbonyl (C=O) groups excluding carboxylic acids is 1. The van der Waals surface area contributed by atoms with E-state index in [1.807, 2.05) is 31.2 Å². The first-order chi connectivity index (χ1) is 11.6. The number of rotatable bonds is 4. The van der Waals surface area contributed by atoms with Gasteiger partial charge in [0.05, 0.1) is 19.8 Å². The van der Waals surface area contributed by atoms with Crippen LogP contribution < -0.4 is 14.8 Å². The highest BCUT2D eigenvalue weighted by Crippen LogP contribution is 2.41. The van der Waals surface area contributed by atoms with Crippen LogP contribution in [-0.2, 0) is 0 Å². The van der Waals surface area contributed by atoms with E-state index in [0.717, 1.165) is 11.3 Å². The van der Waals surface area contributed by atoms with E-state index >= 15 is 0 Å². The molecule has 0 saturated carbocycles. The van der Waals surface area contributed by atoms with Crippen molar-refractivity contribution in [2.75, 3.05) is 26.1 Å². The summed E-state index contributed by atoms with van der Waals surface area (Å²) in [6.45, 7) is 2.46. The van der Waals surface area contributed by atoms with Gasteiger partial charge in [0.2, 0.25) is 5.75 Å². The lowest BCUT2D eigenvalue weighted by molar-refractivity contribution is 0.0694. The number of methoxy groups -OCH3 is 2. The fraction of sp³-hybridized carbons (Fsp3) is 0.278. The van der Waals surface area contributed by atoms with Crippen molar-refractivity contribution in [2.24, 2.45) is 0 Å². The van der Waals surface area contributed by atoms with Gasteiger partial charge in [0.15, 0.2) is 11.5 Å². The van der Waals surface area contributed by atoms with Crippen molar-refractivity contribution < 1.29 is 19.4 Å². The molecule has 6 heteroatoms. The van der Waals surface area contributed by atoms with Gasteiger partial charge in [-0.15, -0.1) is 0 Å². The Kier molecular flexibility index (Phi) is 4.20. The van der Waals surface area contributed by atoms with Crippen LogP contribution in [-0.4, -0.2) is 36.7 Å². The largest absolute Gasteiger partial charge is 0.502 e. The van der Waals surface area contributed by atoms with E-state index in [4.69, 9.17) is 9.47 Å². The summed E-state index contributed by atoms with van der Waals surface area (Å²) in [5.41, 5.74) is 2.20. The van der Waals surface area contributed by atoms with Crippen molar-refractivity contribution >= 4 is 11.6 Å². The molecule has 0 aromatic heterocycles. The van der Waals surface area contributed by atoms with Gasteiger partial charge in [-0.05, 0) is 31.2 Å². The normalized spacial score (nSPS) is 16.4. The van der Waals surface area contributed by atoms with Gasteiger partial charge < -0.3 is 24.8 Å². The highest BCUT2D eigenvalue weighted by Gasteiger charge is 2.32. The summed E-state index contributed by atoms with van der Waals surface area (Å²) in [5.74, 6) is 0.499. The molecule has 2 aromatic rings. The summed E-state index contributed by atoms with van der Waals surface area (Å²) in [6.07, 6.45) is -0.374. The molecule has 2 N–H and O–H groups in total. The maximum Gasteiger partial charge on any atom is 0.257 e. The summed E-state index contributed by atoms with van der Waals surface area (Å²) in [6, 6.07) is 10.8. The van der Waals surface area contributed by atoms with E-state index in [1.165, 1.54) is 14.2 Å². The number of nitrogens with zero attached hydrogens (tertiary/aromatic N) is 1. The number of fused-ring (bicyclic) bond motifs is 1. The van der Waals surface area contributed by atoms with Crippen LogP contribution in [0.15, 0.2) is 36.4 Å². The number of hydrogen-bond donors (Lipinski definition) is 2. The van der Waals surface area contributed by atoms with E-state index in [2.05, 4.69) is 5.32 Å². The zero-order chi connectivity index (χ0) is 17.3. The molecule has 2 aromatic carbocycles. The van der Waals surface area contributed by atoms with Crippen LogP contribution in [0.5, 0.6) is 17.2 Å². The van der Waals surface area contributed by atoms with Crippen LogP contribution in [0.2, 0.25) is 0 Å². The SMILES string of the molecule is CCN1C(=O)c2ccccc2N[C@@H]1c1cc(OC)c(O)c(OC)c1. The molecule has 1 heterocycles. The molecule has 1 aliphatic heterocycles. The highest BCUT2D eigenvalue weighted by molar-refractivity contribution is 6.01. The molecule has 0 fully saturated rings. The molecule has 6 nitrogen and oxygen atoms in total. The summed E-state index contributed by atoms with van der Waals surface area (Å²) >= 11 is 0. The summed E-state index contributed by atoms with van der Waals surface area (Å²) in [7, 11) is 2.95. The average Bonchev–Trinajstić information content (AvgIpc) is 2.62. The molecule has 0 unspecified atom stereocenters. The molecule has 0 aliphatic carbocycles. The van der Waals surface area contributed by atoms with Gasteiger partial charge in [-0.1, -0.05) is 12.1 Å². The standard InChI is InChI=1S/C18H20N2O4/c1-4-20-17(19-13-8-6-5-7-12(13)18(20)22)11-9-14(23-2)16(21)15(10-11)24-3/h5-10,17,19,21H,4H2,1-3H3/t17-/m0/s1. The van der Waals surface area contributed by atoms with Crippen LogP contribution in [0.3, 0.4) is 0 Å². The fourth-order valence-electron chi connectivity index (χ4n) is 2.95. The Morgan fingerprint density at radius 1 is 1.17 bits per heavy atom. The summed E-state index contributed by atoms with van der Waals surface area (Å²) in [5, 5.41) is 13.5.